The van der Waals surface area contributed by atoms with Crippen LogP contribution in [0.4, 0.5) is 5.69 Å². The fourth-order valence-corrected chi connectivity index (χ4v) is 2.01. The number of nitrogens with two attached hydrogens (primary N) is 1. The Labute approximate surface area is 125 Å². The predicted molar refractivity (Wildman–Crippen MR) is 78.1 cm³/mol. The first-order valence-corrected chi connectivity index (χ1v) is 6.31. The van der Waals surface area contributed by atoms with Crippen molar-refractivity contribution in [1.82, 2.24) is 4.98 Å². The molecule has 2 amide bonds. The fraction of sp³-hybridized carbons (Fsp3) is 0. The van der Waals surface area contributed by atoms with Gasteiger partial charge in [-0.15, -0.1) is 0 Å². The standard InChI is InChI=1S/C16H9N3O3/c17-15(21)11-5-10(7-18-8-11)2-1-9-3-4-13-12(6-9)14(20)16(22)19-13/h3-8H,(H2,17,21)(H,19,20,22). The number of rotatable bonds is 1. The maximum absolute atomic E-state index is 11.6. The van der Waals surface area contributed by atoms with E-state index in [1.165, 1.54) is 18.5 Å². The fourth-order valence-electron chi connectivity index (χ4n) is 2.01. The zero-order valence-corrected chi connectivity index (χ0v) is 11.2. The zero-order chi connectivity index (χ0) is 15.7. The van der Waals surface area contributed by atoms with Crippen molar-refractivity contribution in [2.45, 2.75) is 0 Å². The van der Waals surface area contributed by atoms with Crippen LogP contribution in [0.5, 0.6) is 0 Å². The molecule has 0 aliphatic carbocycles. The molecule has 1 aromatic carbocycles. The van der Waals surface area contributed by atoms with E-state index >= 15 is 0 Å². The maximum atomic E-state index is 11.6. The van der Waals surface area contributed by atoms with Crippen LogP contribution in [0.2, 0.25) is 0 Å². The summed E-state index contributed by atoms with van der Waals surface area (Å²) in [5.74, 6) is 3.90. The van der Waals surface area contributed by atoms with Gasteiger partial charge in [0.1, 0.15) is 0 Å². The highest BCUT2D eigenvalue weighted by Gasteiger charge is 2.27. The third-order valence-electron chi connectivity index (χ3n) is 3.09. The second-order valence-electron chi connectivity index (χ2n) is 4.62. The highest BCUT2D eigenvalue weighted by Crippen LogP contribution is 2.23. The average molecular weight is 291 g/mol. The minimum absolute atomic E-state index is 0.269. The number of Topliss-reactive ketones (excluding diaryl/α,β-unsaturated/α-hetero) is 1. The first-order valence-electron chi connectivity index (χ1n) is 6.31. The number of benzene rings is 1. The summed E-state index contributed by atoms with van der Waals surface area (Å²) in [6, 6.07) is 6.40. The summed E-state index contributed by atoms with van der Waals surface area (Å²) in [4.78, 5) is 37.9. The predicted octanol–water partition coefficient (Wildman–Crippen LogP) is 0.715. The number of carbonyl (C=O) groups is 3. The lowest BCUT2D eigenvalue weighted by atomic mass is 10.1. The number of carbonyl (C=O) groups excluding carboxylic acids is 3. The molecule has 0 radical (unpaired) electrons. The number of amides is 2. The number of aromatic nitrogens is 1. The highest BCUT2D eigenvalue weighted by molar-refractivity contribution is 6.51. The van der Waals surface area contributed by atoms with E-state index in [2.05, 4.69) is 22.1 Å². The first kappa shape index (κ1) is 13.5. The van der Waals surface area contributed by atoms with Crippen molar-refractivity contribution >= 4 is 23.3 Å². The molecule has 1 aromatic heterocycles. The molecule has 0 unspecified atom stereocenters. The van der Waals surface area contributed by atoms with Gasteiger partial charge in [0.15, 0.2) is 0 Å². The van der Waals surface area contributed by atoms with Gasteiger partial charge in [0.05, 0.1) is 16.8 Å². The van der Waals surface area contributed by atoms with Gasteiger partial charge in [0.25, 0.3) is 11.7 Å². The molecule has 1 aliphatic rings. The number of pyridine rings is 1. The van der Waals surface area contributed by atoms with Crippen molar-refractivity contribution in [2.75, 3.05) is 5.32 Å². The molecule has 1 aliphatic heterocycles. The van der Waals surface area contributed by atoms with E-state index in [-0.39, 0.29) is 5.56 Å². The highest BCUT2D eigenvalue weighted by atomic mass is 16.2. The topological polar surface area (TPSA) is 102 Å². The summed E-state index contributed by atoms with van der Waals surface area (Å²) >= 11 is 0. The monoisotopic (exact) mass is 291 g/mol. The molecular weight excluding hydrogens is 282 g/mol. The molecule has 22 heavy (non-hydrogen) atoms. The van der Waals surface area contributed by atoms with Crippen molar-refractivity contribution in [3.63, 3.8) is 0 Å². The van der Waals surface area contributed by atoms with Crippen LogP contribution >= 0.6 is 0 Å². The summed E-state index contributed by atoms with van der Waals surface area (Å²) in [6.45, 7) is 0. The molecule has 0 saturated heterocycles. The number of primary amides is 1. The van der Waals surface area contributed by atoms with Crippen LogP contribution < -0.4 is 11.1 Å². The molecule has 0 atom stereocenters. The molecule has 6 nitrogen and oxygen atoms in total. The van der Waals surface area contributed by atoms with Gasteiger partial charge in [-0.05, 0) is 24.3 Å². The first-order chi connectivity index (χ1) is 10.5. The summed E-state index contributed by atoms with van der Waals surface area (Å²) < 4.78 is 0. The van der Waals surface area contributed by atoms with Crippen LogP contribution in [-0.2, 0) is 4.79 Å². The Kier molecular flexibility index (Phi) is 3.16. The van der Waals surface area contributed by atoms with E-state index < -0.39 is 17.6 Å². The third kappa shape index (κ3) is 2.43. The van der Waals surface area contributed by atoms with Crippen molar-refractivity contribution in [3.05, 3.63) is 58.9 Å². The second kappa shape index (κ2) is 5.14. The minimum Gasteiger partial charge on any atom is -0.366 e. The molecule has 2 aromatic rings. The molecule has 0 saturated carbocycles. The molecule has 106 valence electrons. The van der Waals surface area contributed by atoms with Crippen molar-refractivity contribution in [2.24, 2.45) is 5.73 Å². The normalized spacial score (nSPS) is 12.2. The number of hydrogen-bond donors (Lipinski definition) is 2. The third-order valence-corrected chi connectivity index (χ3v) is 3.09. The Hall–Kier alpha value is -3.46. The molecule has 6 heteroatoms. The van der Waals surface area contributed by atoms with E-state index in [4.69, 9.17) is 5.73 Å². The van der Waals surface area contributed by atoms with Gasteiger partial charge in [-0.1, -0.05) is 11.8 Å². The van der Waals surface area contributed by atoms with Gasteiger partial charge in [-0.2, -0.15) is 0 Å². The lowest BCUT2D eigenvalue weighted by Gasteiger charge is -1.97. The minimum atomic E-state index is -0.640. The van der Waals surface area contributed by atoms with Crippen LogP contribution in [0, 0.1) is 11.8 Å². The number of hydrogen-bond acceptors (Lipinski definition) is 4. The Balaban J connectivity index is 1.93. The molecule has 2 heterocycles. The Bertz CT molecular complexity index is 891. The summed E-state index contributed by atoms with van der Waals surface area (Å²) in [7, 11) is 0. The van der Waals surface area contributed by atoms with Gasteiger partial charge in [-0.3, -0.25) is 19.4 Å². The molecular formula is C16H9N3O3. The number of nitrogens with one attached hydrogen (secondary N) is 1. The molecule has 0 fully saturated rings. The van der Waals surface area contributed by atoms with Gasteiger partial charge < -0.3 is 11.1 Å². The van der Waals surface area contributed by atoms with E-state index in [0.29, 0.717) is 22.4 Å². The average Bonchev–Trinajstić information content (AvgIpc) is 2.80. The van der Waals surface area contributed by atoms with E-state index in [1.54, 1.807) is 18.2 Å². The Morgan fingerprint density at radius 3 is 2.64 bits per heavy atom. The lowest BCUT2D eigenvalue weighted by Crippen LogP contribution is -2.12. The Morgan fingerprint density at radius 2 is 1.86 bits per heavy atom. The van der Waals surface area contributed by atoms with Crippen LogP contribution in [0.15, 0.2) is 36.7 Å². The number of anilines is 1. The van der Waals surface area contributed by atoms with E-state index in [0.717, 1.165) is 0 Å². The molecule has 0 bridgehead atoms. The smallest absolute Gasteiger partial charge is 0.296 e. The van der Waals surface area contributed by atoms with Gasteiger partial charge >= 0.3 is 0 Å². The van der Waals surface area contributed by atoms with E-state index in [9.17, 15) is 14.4 Å². The van der Waals surface area contributed by atoms with Gasteiger partial charge in [0, 0.05) is 23.5 Å². The van der Waals surface area contributed by atoms with Crippen LogP contribution in [0.25, 0.3) is 0 Å². The quantitative estimate of drug-likeness (QED) is 0.596. The summed E-state index contributed by atoms with van der Waals surface area (Å²) in [6.07, 6.45) is 2.86. The van der Waals surface area contributed by atoms with Crippen LogP contribution in [0.1, 0.15) is 31.8 Å². The molecule has 3 N–H and O–H groups in total. The van der Waals surface area contributed by atoms with Crippen molar-refractivity contribution in [1.29, 1.82) is 0 Å². The van der Waals surface area contributed by atoms with Gasteiger partial charge in [-0.25, -0.2) is 0 Å². The SMILES string of the molecule is NC(=O)c1cncc(C#Cc2ccc3c(c2)C(=O)C(=O)N3)c1. The second-order valence-corrected chi connectivity index (χ2v) is 4.62. The largest absolute Gasteiger partial charge is 0.366 e. The van der Waals surface area contributed by atoms with Crippen LogP contribution in [0.3, 0.4) is 0 Å². The number of fused-ring (bicyclic) bond motifs is 1. The number of nitrogens with zero attached hydrogens (tertiary/aromatic N) is 1. The lowest BCUT2D eigenvalue weighted by molar-refractivity contribution is -0.112. The van der Waals surface area contributed by atoms with E-state index in [1.807, 2.05) is 0 Å². The summed E-state index contributed by atoms with van der Waals surface area (Å²) in [5.41, 5.74) is 7.34. The van der Waals surface area contributed by atoms with Crippen LogP contribution in [-0.4, -0.2) is 22.6 Å². The Morgan fingerprint density at radius 1 is 1.09 bits per heavy atom. The molecule has 3 rings (SSSR count). The zero-order valence-electron chi connectivity index (χ0n) is 11.2. The van der Waals surface area contributed by atoms with Crippen molar-refractivity contribution in [3.8, 4) is 11.8 Å². The van der Waals surface area contributed by atoms with Gasteiger partial charge in [0.2, 0.25) is 5.91 Å². The summed E-state index contributed by atoms with van der Waals surface area (Å²) in [5, 5.41) is 2.47. The van der Waals surface area contributed by atoms with Crippen molar-refractivity contribution < 1.29 is 14.4 Å². The maximum Gasteiger partial charge on any atom is 0.296 e. The number of ketones is 1. The molecule has 0 spiro atoms.